The van der Waals surface area contributed by atoms with Gasteiger partial charge in [0.1, 0.15) is 6.29 Å². The summed E-state index contributed by atoms with van der Waals surface area (Å²) in [5.41, 5.74) is -0.217. The van der Waals surface area contributed by atoms with E-state index in [0.717, 1.165) is 25.5 Å². The fraction of sp³-hybridized carbons (Fsp3) is 0.700. The second-order valence-corrected chi connectivity index (χ2v) is 3.84. The van der Waals surface area contributed by atoms with Crippen LogP contribution in [-0.4, -0.2) is 17.5 Å². The average Bonchev–Trinajstić information content (AvgIpc) is 2.07. The number of aliphatic hydroxyl groups excluding tert-OH is 1. The second kappa shape index (κ2) is 3.85. The van der Waals surface area contributed by atoms with E-state index >= 15 is 0 Å². The van der Waals surface area contributed by atoms with Crippen molar-refractivity contribution in [1.82, 2.24) is 0 Å². The van der Waals surface area contributed by atoms with Crippen molar-refractivity contribution in [3.05, 3.63) is 12.2 Å². The maximum atomic E-state index is 10.7. The number of rotatable bonds is 1. The van der Waals surface area contributed by atoms with Crippen molar-refractivity contribution in [2.75, 3.05) is 0 Å². The highest BCUT2D eigenvalue weighted by molar-refractivity contribution is 5.58. The molecule has 0 amide bonds. The summed E-state index contributed by atoms with van der Waals surface area (Å²) in [6, 6.07) is 0. The Bertz CT molecular complexity index is 186. The van der Waals surface area contributed by atoms with E-state index in [9.17, 15) is 9.90 Å². The van der Waals surface area contributed by atoms with Crippen LogP contribution in [0.4, 0.5) is 0 Å². The zero-order chi connectivity index (χ0) is 9.03. The van der Waals surface area contributed by atoms with Crippen LogP contribution in [0.25, 0.3) is 0 Å². The van der Waals surface area contributed by atoms with Gasteiger partial charge in [-0.15, -0.1) is 0 Å². The molecule has 2 unspecified atom stereocenters. The second-order valence-electron chi connectivity index (χ2n) is 3.84. The highest BCUT2D eigenvalue weighted by Gasteiger charge is 2.24. The van der Waals surface area contributed by atoms with Crippen LogP contribution in [-0.2, 0) is 4.79 Å². The lowest BCUT2D eigenvalue weighted by atomic mass is 9.80. The predicted octanol–water partition coefficient (Wildman–Crippen LogP) is 1.68. The minimum atomic E-state index is -0.357. The number of carbonyl (C=O) groups excluding carboxylic acids is 1. The van der Waals surface area contributed by atoms with Gasteiger partial charge in [-0.1, -0.05) is 19.1 Å². The predicted molar refractivity (Wildman–Crippen MR) is 47.8 cm³/mol. The number of hydrogen-bond acceptors (Lipinski definition) is 2. The van der Waals surface area contributed by atoms with Crippen LogP contribution in [0.3, 0.4) is 0 Å². The van der Waals surface area contributed by atoms with Gasteiger partial charge in [-0.25, -0.2) is 0 Å². The summed E-state index contributed by atoms with van der Waals surface area (Å²) in [5.74, 6) is 0. The lowest BCUT2D eigenvalue weighted by Crippen LogP contribution is -2.21. The van der Waals surface area contributed by atoms with Gasteiger partial charge in [0.15, 0.2) is 0 Å². The molecule has 0 aromatic heterocycles. The van der Waals surface area contributed by atoms with E-state index in [4.69, 9.17) is 0 Å². The maximum Gasteiger partial charge on any atom is 0.125 e. The molecule has 1 aliphatic carbocycles. The van der Waals surface area contributed by atoms with Crippen LogP contribution < -0.4 is 0 Å². The van der Waals surface area contributed by atoms with E-state index in [0.29, 0.717) is 6.42 Å². The fourth-order valence-corrected chi connectivity index (χ4v) is 1.48. The van der Waals surface area contributed by atoms with Gasteiger partial charge < -0.3 is 9.90 Å². The number of aliphatic hydroxyl groups is 1. The standard InChI is InChI=1S/C10H16O2/c1-10(8-11)6-3-2-4-9(12)5-7-10/h2,4,8-9,12H,3,5-7H2,1H3/b4-2+. The van der Waals surface area contributed by atoms with E-state index < -0.39 is 0 Å². The molecule has 0 aliphatic heterocycles. The molecule has 1 aliphatic rings. The Kier molecular flexibility index (Phi) is 3.04. The number of hydrogen-bond donors (Lipinski definition) is 1. The lowest BCUT2D eigenvalue weighted by Gasteiger charge is -2.24. The Morgan fingerprint density at radius 2 is 2.33 bits per heavy atom. The Balaban J connectivity index is 2.60. The Morgan fingerprint density at radius 1 is 1.58 bits per heavy atom. The van der Waals surface area contributed by atoms with E-state index in [1.165, 1.54) is 0 Å². The molecule has 0 bridgehead atoms. The van der Waals surface area contributed by atoms with Crippen molar-refractivity contribution in [3.63, 3.8) is 0 Å². The van der Waals surface area contributed by atoms with Gasteiger partial charge in [-0.3, -0.25) is 0 Å². The molecule has 0 aromatic rings. The Labute approximate surface area is 73.3 Å². The van der Waals surface area contributed by atoms with Gasteiger partial charge in [0, 0.05) is 5.41 Å². The first-order valence-electron chi connectivity index (χ1n) is 4.47. The maximum absolute atomic E-state index is 10.7. The van der Waals surface area contributed by atoms with Gasteiger partial charge in [-0.2, -0.15) is 0 Å². The molecule has 0 fully saturated rings. The van der Waals surface area contributed by atoms with Crippen molar-refractivity contribution in [3.8, 4) is 0 Å². The zero-order valence-corrected chi connectivity index (χ0v) is 7.49. The van der Waals surface area contributed by atoms with Crippen LogP contribution in [0.5, 0.6) is 0 Å². The molecular formula is C10H16O2. The molecule has 2 nitrogen and oxygen atoms in total. The lowest BCUT2D eigenvalue weighted by molar-refractivity contribution is -0.116. The zero-order valence-electron chi connectivity index (χ0n) is 7.49. The highest BCUT2D eigenvalue weighted by atomic mass is 16.3. The third-order valence-corrected chi connectivity index (χ3v) is 2.54. The summed E-state index contributed by atoms with van der Waals surface area (Å²) in [6.45, 7) is 1.96. The Morgan fingerprint density at radius 3 is 3.00 bits per heavy atom. The number of allylic oxidation sites excluding steroid dienone is 1. The van der Waals surface area contributed by atoms with Crippen molar-refractivity contribution in [2.24, 2.45) is 5.41 Å². The molecule has 12 heavy (non-hydrogen) atoms. The topological polar surface area (TPSA) is 37.3 Å². The molecule has 2 atom stereocenters. The van der Waals surface area contributed by atoms with E-state index in [-0.39, 0.29) is 11.5 Å². The monoisotopic (exact) mass is 168 g/mol. The van der Waals surface area contributed by atoms with Gasteiger partial charge in [0.25, 0.3) is 0 Å². The van der Waals surface area contributed by atoms with Crippen LogP contribution in [0.2, 0.25) is 0 Å². The smallest absolute Gasteiger partial charge is 0.125 e. The van der Waals surface area contributed by atoms with Gasteiger partial charge in [0.2, 0.25) is 0 Å². The molecule has 0 saturated carbocycles. The summed E-state index contributed by atoms with van der Waals surface area (Å²) in [6.07, 6.45) is 7.75. The number of aldehydes is 1. The molecule has 0 aromatic carbocycles. The van der Waals surface area contributed by atoms with Crippen molar-refractivity contribution >= 4 is 6.29 Å². The molecule has 0 radical (unpaired) electrons. The molecule has 1 rings (SSSR count). The molecule has 1 N–H and O–H groups in total. The molecule has 68 valence electrons. The highest BCUT2D eigenvalue weighted by Crippen LogP contribution is 2.29. The SMILES string of the molecule is CC1(C=O)CC/C=C/C(O)CC1. The summed E-state index contributed by atoms with van der Waals surface area (Å²) in [5, 5.41) is 9.34. The van der Waals surface area contributed by atoms with Crippen LogP contribution in [0.15, 0.2) is 12.2 Å². The minimum absolute atomic E-state index is 0.217. The first kappa shape index (κ1) is 9.46. The van der Waals surface area contributed by atoms with E-state index in [2.05, 4.69) is 0 Å². The van der Waals surface area contributed by atoms with Crippen molar-refractivity contribution < 1.29 is 9.90 Å². The van der Waals surface area contributed by atoms with Crippen LogP contribution in [0, 0.1) is 5.41 Å². The summed E-state index contributed by atoms with van der Waals surface area (Å²) < 4.78 is 0. The first-order valence-corrected chi connectivity index (χ1v) is 4.47. The number of carbonyl (C=O) groups is 1. The first-order chi connectivity index (χ1) is 5.66. The van der Waals surface area contributed by atoms with Crippen LogP contribution in [0.1, 0.15) is 32.6 Å². The third-order valence-electron chi connectivity index (χ3n) is 2.54. The molecular weight excluding hydrogens is 152 g/mol. The summed E-state index contributed by atoms with van der Waals surface area (Å²) >= 11 is 0. The van der Waals surface area contributed by atoms with E-state index in [1.54, 1.807) is 0 Å². The summed E-state index contributed by atoms with van der Waals surface area (Å²) in [7, 11) is 0. The van der Waals surface area contributed by atoms with E-state index in [1.807, 2.05) is 19.1 Å². The van der Waals surface area contributed by atoms with Crippen molar-refractivity contribution in [2.45, 2.75) is 38.7 Å². The largest absolute Gasteiger partial charge is 0.389 e. The normalized spacial score (nSPS) is 39.7. The van der Waals surface area contributed by atoms with Gasteiger partial charge >= 0.3 is 0 Å². The third kappa shape index (κ3) is 2.45. The van der Waals surface area contributed by atoms with Gasteiger partial charge in [-0.05, 0) is 25.7 Å². The minimum Gasteiger partial charge on any atom is -0.389 e. The van der Waals surface area contributed by atoms with Crippen molar-refractivity contribution in [1.29, 1.82) is 0 Å². The summed E-state index contributed by atoms with van der Waals surface area (Å²) in [4.78, 5) is 10.7. The fourth-order valence-electron chi connectivity index (χ4n) is 1.48. The average molecular weight is 168 g/mol. The van der Waals surface area contributed by atoms with Crippen LogP contribution >= 0.6 is 0 Å². The molecule has 0 spiro atoms. The van der Waals surface area contributed by atoms with Gasteiger partial charge in [0.05, 0.1) is 6.10 Å². The quantitative estimate of drug-likeness (QED) is 0.478. The Hall–Kier alpha value is -0.630. The molecule has 2 heteroatoms. The molecule has 0 saturated heterocycles. The molecule has 0 heterocycles.